The van der Waals surface area contributed by atoms with Crippen LogP contribution in [0.4, 0.5) is 0 Å². The molecule has 3 nitrogen and oxygen atoms in total. The van der Waals surface area contributed by atoms with Crippen LogP contribution in [0.5, 0.6) is 0 Å². The van der Waals surface area contributed by atoms with Crippen LogP contribution in [0, 0.1) is 12.8 Å². The Labute approximate surface area is 79.0 Å². The van der Waals surface area contributed by atoms with Crippen molar-refractivity contribution < 1.29 is 0 Å². The summed E-state index contributed by atoms with van der Waals surface area (Å²) in [4.78, 5) is 7.38. The third kappa shape index (κ3) is 1.91. The van der Waals surface area contributed by atoms with E-state index in [0.29, 0.717) is 0 Å². The van der Waals surface area contributed by atoms with E-state index in [4.69, 9.17) is 0 Å². The molecule has 1 saturated carbocycles. The van der Waals surface area contributed by atoms with Gasteiger partial charge in [0.1, 0.15) is 5.82 Å². The van der Waals surface area contributed by atoms with Crippen molar-refractivity contribution in [2.24, 2.45) is 5.92 Å². The minimum absolute atomic E-state index is 0.726. The summed E-state index contributed by atoms with van der Waals surface area (Å²) < 4.78 is 0. The predicted octanol–water partition coefficient (Wildman–Crippen LogP) is 1.61. The van der Waals surface area contributed by atoms with Gasteiger partial charge in [0.2, 0.25) is 0 Å². The molecule has 0 saturated heterocycles. The first-order valence-electron chi connectivity index (χ1n) is 4.99. The molecule has 1 aliphatic carbocycles. The number of aromatic amines is 1. The second-order valence-electron chi connectivity index (χ2n) is 4.04. The normalized spacial score (nSPS) is 27.2. The molecule has 1 aromatic rings. The number of nitrogens with zero attached hydrogens (tertiary/aromatic N) is 1. The zero-order valence-corrected chi connectivity index (χ0v) is 8.30. The molecule has 3 heteroatoms. The van der Waals surface area contributed by atoms with E-state index in [1.165, 1.54) is 18.5 Å². The number of rotatable bonds is 3. The zero-order valence-electron chi connectivity index (χ0n) is 8.30. The molecule has 0 amide bonds. The third-order valence-electron chi connectivity index (χ3n) is 2.93. The van der Waals surface area contributed by atoms with Crippen LogP contribution in [-0.4, -0.2) is 16.0 Å². The van der Waals surface area contributed by atoms with E-state index < -0.39 is 0 Å². The maximum Gasteiger partial charge on any atom is 0.103 e. The van der Waals surface area contributed by atoms with E-state index in [1.807, 2.05) is 13.1 Å². The summed E-state index contributed by atoms with van der Waals surface area (Å²) in [6.07, 6.45) is 4.61. The molecule has 1 aromatic heterocycles. The van der Waals surface area contributed by atoms with Crippen LogP contribution >= 0.6 is 0 Å². The summed E-state index contributed by atoms with van der Waals surface area (Å²) in [5.74, 6) is 1.85. The molecule has 1 heterocycles. The highest BCUT2D eigenvalue weighted by molar-refractivity contribution is 5.00. The lowest BCUT2D eigenvalue weighted by Crippen LogP contribution is -2.41. The molecular formula is C10H17N3. The minimum atomic E-state index is 0.726. The molecule has 2 atom stereocenters. The monoisotopic (exact) mass is 179 g/mol. The fraction of sp³-hybridized carbons (Fsp3) is 0.700. The van der Waals surface area contributed by atoms with Crippen molar-refractivity contribution >= 4 is 0 Å². The second kappa shape index (κ2) is 3.50. The average Bonchev–Trinajstić information content (AvgIpc) is 2.49. The van der Waals surface area contributed by atoms with Crippen LogP contribution < -0.4 is 5.32 Å². The largest absolute Gasteiger partial charge is 0.345 e. The zero-order chi connectivity index (χ0) is 9.26. The van der Waals surface area contributed by atoms with Crippen LogP contribution in [-0.2, 0) is 6.54 Å². The molecular weight excluding hydrogens is 162 g/mol. The minimum Gasteiger partial charge on any atom is -0.345 e. The van der Waals surface area contributed by atoms with E-state index >= 15 is 0 Å². The van der Waals surface area contributed by atoms with E-state index in [9.17, 15) is 0 Å². The van der Waals surface area contributed by atoms with Crippen LogP contribution in [0.1, 0.15) is 31.3 Å². The SMILES string of the molecule is Cc1ncc(CNC2CCC2C)[nH]1. The molecule has 2 N–H and O–H groups in total. The van der Waals surface area contributed by atoms with Gasteiger partial charge in [0.25, 0.3) is 0 Å². The highest BCUT2D eigenvalue weighted by atomic mass is 15.0. The van der Waals surface area contributed by atoms with Crippen molar-refractivity contribution in [3.63, 3.8) is 0 Å². The molecule has 0 spiro atoms. The predicted molar refractivity (Wildman–Crippen MR) is 52.4 cm³/mol. The average molecular weight is 179 g/mol. The van der Waals surface area contributed by atoms with Gasteiger partial charge in [0.05, 0.1) is 0 Å². The smallest absolute Gasteiger partial charge is 0.103 e. The molecule has 0 bridgehead atoms. The number of imidazole rings is 1. The van der Waals surface area contributed by atoms with Gasteiger partial charge in [-0.25, -0.2) is 4.98 Å². The number of aryl methyl sites for hydroxylation is 1. The first kappa shape index (κ1) is 8.75. The summed E-state index contributed by atoms with van der Waals surface area (Å²) >= 11 is 0. The maximum absolute atomic E-state index is 4.16. The Hall–Kier alpha value is -0.830. The van der Waals surface area contributed by atoms with Crippen LogP contribution in [0.15, 0.2) is 6.20 Å². The highest BCUT2D eigenvalue weighted by Crippen LogP contribution is 2.26. The molecule has 0 radical (unpaired) electrons. The molecule has 0 aliphatic heterocycles. The summed E-state index contributed by atoms with van der Waals surface area (Å²) in [5, 5.41) is 3.53. The number of nitrogens with one attached hydrogen (secondary N) is 2. The van der Waals surface area contributed by atoms with Gasteiger partial charge in [-0.1, -0.05) is 6.92 Å². The molecule has 72 valence electrons. The van der Waals surface area contributed by atoms with Crippen molar-refractivity contribution in [3.05, 3.63) is 17.7 Å². The Bertz CT molecular complexity index is 279. The molecule has 13 heavy (non-hydrogen) atoms. The Morgan fingerprint density at radius 3 is 2.92 bits per heavy atom. The lowest BCUT2D eigenvalue weighted by atomic mass is 9.81. The number of hydrogen-bond donors (Lipinski definition) is 2. The number of aromatic nitrogens is 2. The Kier molecular flexibility index (Phi) is 2.36. The molecule has 1 aliphatic rings. The molecule has 0 aromatic carbocycles. The van der Waals surface area contributed by atoms with Crippen LogP contribution in [0.25, 0.3) is 0 Å². The standard InChI is InChI=1S/C10H17N3/c1-7-3-4-10(7)12-6-9-5-11-8(2)13-9/h5,7,10,12H,3-4,6H2,1-2H3,(H,11,13). The molecule has 2 rings (SSSR count). The molecule has 2 unspecified atom stereocenters. The Morgan fingerprint density at radius 1 is 1.62 bits per heavy atom. The van der Waals surface area contributed by atoms with Crippen molar-refractivity contribution in [2.75, 3.05) is 0 Å². The van der Waals surface area contributed by atoms with Gasteiger partial charge in [0.15, 0.2) is 0 Å². The van der Waals surface area contributed by atoms with Gasteiger partial charge in [0, 0.05) is 24.5 Å². The van der Waals surface area contributed by atoms with Crippen LogP contribution in [0.2, 0.25) is 0 Å². The Balaban J connectivity index is 1.79. The third-order valence-corrected chi connectivity index (χ3v) is 2.93. The van der Waals surface area contributed by atoms with Crippen LogP contribution in [0.3, 0.4) is 0 Å². The van der Waals surface area contributed by atoms with Crippen molar-refractivity contribution in [2.45, 2.75) is 39.3 Å². The van der Waals surface area contributed by atoms with E-state index in [2.05, 4.69) is 22.2 Å². The van der Waals surface area contributed by atoms with Crippen molar-refractivity contribution in [1.29, 1.82) is 0 Å². The lowest BCUT2D eigenvalue weighted by Gasteiger charge is -2.34. The fourth-order valence-corrected chi connectivity index (χ4v) is 1.77. The van der Waals surface area contributed by atoms with E-state index in [-0.39, 0.29) is 0 Å². The topological polar surface area (TPSA) is 40.7 Å². The first-order chi connectivity index (χ1) is 6.25. The fourth-order valence-electron chi connectivity index (χ4n) is 1.77. The first-order valence-corrected chi connectivity index (χ1v) is 4.99. The number of hydrogen-bond acceptors (Lipinski definition) is 2. The summed E-state index contributed by atoms with van der Waals surface area (Å²) in [7, 11) is 0. The Morgan fingerprint density at radius 2 is 2.46 bits per heavy atom. The van der Waals surface area contributed by atoms with Gasteiger partial charge < -0.3 is 10.3 Å². The van der Waals surface area contributed by atoms with E-state index in [0.717, 1.165) is 24.3 Å². The lowest BCUT2D eigenvalue weighted by molar-refractivity contribution is 0.228. The summed E-state index contributed by atoms with van der Waals surface area (Å²) in [6, 6.07) is 0.726. The van der Waals surface area contributed by atoms with Gasteiger partial charge >= 0.3 is 0 Å². The van der Waals surface area contributed by atoms with Gasteiger partial charge in [-0.3, -0.25) is 0 Å². The quantitative estimate of drug-likeness (QED) is 0.740. The van der Waals surface area contributed by atoms with Gasteiger partial charge in [-0.15, -0.1) is 0 Å². The highest BCUT2D eigenvalue weighted by Gasteiger charge is 2.25. The summed E-state index contributed by atoms with van der Waals surface area (Å²) in [5.41, 5.74) is 1.19. The van der Waals surface area contributed by atoms with E-state index in [1.54, 1.807) is 0 Å². The number of H-pyrrole nitrogens is 1. The summed E-state index contributed by atoms with van der Waals surface area (Å²) in [6.45, 7) is 5.21. The maximum atomic E-state index is 4.16. The van der Waals surface area contributed by atoms with Gasteiger partial charge in [-0.2, -0.15) is 0 Å². The van der Waals surface area contributed by atoms with Gasteiger partial charge in [-0.05, 0) is 25.7 Å². The molecule has 1 fully saturated rings. The second-order valence-corrected chi connectivity index (χ2v) is 4.04. The van der Waals surface area contributed by atoms with Crippen molar-refractivity contribution in [3.8, 4) is 0 Å². The van der Waals surface area contributed by atoms with Crippen molar-refractivity contribution in [1.82, 2.24) is 15.3 Å².